The van der Waals surface area contributed by atoms with Gasteiger partial charge in [0.15, 0.2) is 0 Å². The molecule has 19 heavy (non-hydrogen) atoms. The van der Waals surface area contributed by atoms with Gasteiger partial charge in [-0.05, 0) is 37.5 Å². The maximum atomic E-state index is 11.5. The van der Waals surface area contributed by atoms with E-state index in [4.69, 9.17) is 5.73 Å². The summed E-state index contributed by atoms with van der Waals surface area (Å²) in [4.78, 5) is 24.6. The van der Waals surface area contributed by atoms with Gasteiger partial charge in [0, 0.05) is 11.0 Å². The molecule has 3 N–H and O–H groups in total. The smallest absolute Gasteiger partial charge is 0.326 e. The van der Waals surface area contributed by atoms with Gasteiger partial charge in [0.1, 0.15) is 6.04 Å². The van der Waals surface area contributed by atoms with Crippen molar-refractivity contribution in [3.63, 3.8) is 0 Å². The molecule has 1 aliphatic rings. The van der Waals surface area contributed by atoms with Crippen molar-refractivity contribution in [2.24, 2.45) is 5.73 Å². The van der Waals surface area contributed by atoms with Gasteiger partial charge in [0.25, 0.3) is 5.91 Å². The quantitative estimate of drug-likeness (QED) is 0.889. The molecular formula is C13H15BrN2O3. The molecule has 0 radical (unpaired) electrons. The number of rotatable bonds is 3. The number of carboxylic acids is 1. The van der Waals surface area contributed by atoms with Crippen molar-refractivity contribution in [1.29, 1.82) is 0 Å². The minimum absolute atomic E-state index is 0.358. The van der Waals surface area contributed by atoms with Crippen LogP contribution in [0, 0.1) is 0 Å². The van der Waals surface area contributed by atoms with Crippen molar-refractivity contribution >= 4 is 33.5 Å². The topological polar surface area (TPSA) is 83.6 Å². The molecule has 6 heteroatoms. The SMILES string of the molecule is NC(=O)c1ccc(Br)cc1N1CCCCC1C(=O)O. The second-order valence-electron chi connectivity index (χ2n) is 4.57. The van der Waals surface area contributed by atoms with Crippen LogP contribution in [0.25, 0.3) is 0 Å². The zero-order valence-electron chi connectivity index (χ0n) is 10.3. The summed E-state index contributed by atoms with van der Waals surface area (Å²) >= 11 is 3.34. The maximum Gasteiger partial charge on any atom is 0.326 e. The van der Waals surface area contributed by atoms with Crippen molar-refractivity contribution in [3.05, 3.63) is 28.2 Å². The zero-order chi connectivity index (χ0) is 14.0. The van der Waals surface area contributed by atoms with E-state index in [1.165, 1.54) is 0 Å². The second kappa shape index (κ2) is 5.61. The molecule has 1 fully saturated rings. The Morgan fingerprint density at radius 3 is 2.74 bits per heavy atom. The summed E-state index contributed by atoms with van der Waals surface area (Å²) in [6, 6.07) is 4.50. The second-order valence-corrected chi connectivity index (χ2v) is 5.48. The summed E-state index contributed by atoms with van der Waals surface area (Å²) in [5.74, 6) is -1.41. The minimum atomic E-state index is -0.866. The molecule has 1 saturated heterocycles. The molecule has 1 aromatic carbocycles. The summed E-state index contributed by atoms with van der Waals surface area (Å²) in [5.41, 5.74) is 6.31. The first-order chi connectivity index (χ1) is 9.00. The first kappa shape index (κ1) is 13.9. The number of primary amides is 1. The van der Waals surface area contributed by atoms with Crippen molar-refractivity contribution < 1.29 is 14.7 Å². The van der Waals surface area contributed by atoms with E-state index < -0.39 is 17.9 Å². The van der Waals surface area contributed by atoms with E-state index in [1.807, 2.05) is 0 Å². The summed E-state index contributed by atoms with van der Waals surface area (Å²) in [5, 5.41) is 9.30. The Morgan fingerprint density at radius 1 is 1.37 bits per heavy atom. The highest BCUT2D eigenvalue weighted by atomic mass is 79.9. The normalized spacial score (nSPS) is 19.2. The van der Waals surface area contributed by atoms with E-state index >= 15 is 0 Å². The van der Waals surface area contributed by atoms with Crippen LogP contribution in [0.15, 0.2) is 22.7 Å². The van der Waals surface area contributed by atoms with Crippen molar-refractivity contribution in [1.82, 2.24) is 0 Å². The first-order valence-corrected chi connectivity index (χ1v) is 6.89. The number of hydrogen-bond donors (Lipinski definition) is 2. The number of aliphatic carboxylic acids is 1. The fourth-order valence-electron chi connectivity index (χ4n) is 2.43. The predicted octanol–water partition coefficient (Wildman–Crippen LogP) is 1.99. The van der Waals surface area contributed by atoms with E-state index in [0.717, 1.165) is 17.3 Å². The first-order valence-electron chi connectivity index (χ1n) is 6.09. The third kappa shape index (κ3) is 2.89. The molecule has 1 amide bonds. The Kier molecular flexibility index (Phi) is 4.09. The summed E-state index contributed by atoms with van der Waals surface area (Å²) in [6.45, 7) is 0.619. The number of carboxylic acid groups (broad SMARTS) is 1. The molecule has 0 aromatic heterocycles. The van der Waals surface area contributed by atoms with Gasteiger partial charge in [-0.2, -0.15) is 0 Å². The van der Waals surface area contributed by atoms with E-state index in [1.54, 1.807) is 23.1 Å². The van der Waals surface area contributed by atoms with Crippen LogP contribution >= 0.6 is 15.9 Å². The van der Waals surface area contributed by atoms with Gasteiger partial charge in [-0.1, -0.05) is 15.9 Å². The Balaban J connectivity index is 2.46. The molecule has 0 bridgehead atoms. The Bertz CT molecular complexity index is 519. The lowest BCUT2D eigenvalue weighted by Crippen LogP contribution is -2.45. The van der Waals surface area contributed by atoms with Crippen LogP contribution in [0.3, 0.4) is 0 Å². The Morgan fingerprint density at radius 2 is 2.11 bits per heavy atom. The number of carbonyl (C=O) groups is 2. The van der Waals surface area contributed by atoms with Crippen molar-refractivity contribution in [3.8, 4) is 0 Å². The van der Waals surface area contributed by atoms with Crippen LogP contribution in [0.2, 0.25) is 0 Å². The Labute approximate surface area is 119 Å². The molecule has 102 valence electrons. The number of halogens is 1. The van der Waals surface area contributed by atoms with Crippen LogP contribution in [-0.2, 0) is 4.79 Å². The molecule has 1 unspecified atom stereocenters. The van der Waals surface area contributed by atoms with Gasteiger partial charge in [0.2, 0.25) is 0 Å². The molecule has 1 aliphatic heterocycles. The monoisotopic (exact) mass is 326 g/mol. The van der Waals surface area contributed by atoms with Crippen LogP contribution in [-0.4, -0.2) is 29.6 Å². The summed E-state index contributed by atoms with van der Waals surface area (Å²) in [7, 11) is 0. The van der Waals surface area contributed by atoms with E-state index in [2.05, 4.69) is 15.9 Å². The molecule has 0 saturated carbocycles. The highest BCUT2D eigenvalue weighted by Gasteiger charge is 2.30. The number of carbonyl (C=O) groups excluding carboxylic acids is 1. The van der Waals surface area contributed by atoms with Gasteiger partial charge in [-0.3, -0.25) is 4.79 Å². The minimum Gasteiger partial charge on any atom is -0.480 e. The van der Waals surface area contributed by atoms with Gasteiger partial charge in [0.05, 0.1) is 11.3 Å². The lowest BCUT2D eigenvalue weighted by molar-refractivity contribution is -0.139. The molecular weight excluding hydrogens is 312 g/mol. The van der Waals surface area contributed by atoms with Crippen LogP contribution < -0.4 is 10.6 Å². The fourth-order valence-corrected chi connectivity index (χ4v) is 2.78. The zero-order valence-corrected chi connectivity index (χ0v) is 11.9. The van der Waals surface area contributed by atoms with Gasteiger partial charge < -0.3 is 15.7 Å². The van der Waals surface area contributed by atoms with E-state index in [9.17, 15) is 14.7 Å². The van der Waals surface area contributed by atoms with Gasteiger partial charge >= 0.3 is 5.97 Å². The number of anilines is 1. The number of nitrogens with zero attached hydrogens (tertiary/aromatic N) is 1. The Hall–Kier alpha value is -1.56. The number of benzene rings is 1. The molecule has 5 nitrogen and oxygen atoms in total. The third-order valence-corrected chi connectivity index (χ3v) is 3.82. The van der Waals surface area contributed by atoms with E-state index in [0.29, 0.717) is 24.2 Å². The van der Waals surface area contributed by atoms with Crippen LogP contribution in [0.1, 0.15) is 29.6 Å². The average molecular weight is 327 g/mol. The third-order valence-electron chi connectivity index (χ3n) is 3.32. The van der Waals surface area contributed by atoms with Gasteiger partial charge in [-0.25, -0.2) is 4.79 Å². The largest absolute Gasteiger partial charge is 0.480 e. The van der Waals surface area contributed by atoms with Crippen molar-refractivity contribution in [2.75, 3.05) is 11.4 Å². The highest BCUT2D eigenvalue weighted by molar-refractivity contribution is 9.10. The summed E-state index contributed by atoms with van der Waals surface area (Å²) in [6.07, 6.45) is 2.38. The molecule has 2 rings (SSSR count). The number of amides is 1. The van der Waals surface area contributed by atoms with Gasteiger partial charge in [-0.15, -0.1) is 0 Å². The fraction of sp³-hybridized carbons (Fsp3) is 0.385. The van der Waals surface area contributed by atoms with Crippen LogP contribution in [0.5, 0.6) is 0 Å². The molecule has 1 atom stereocenters. The standard InChI is InChI=1S/C13H15BrN2O3/c14-8-4-5-9(12(15)17)11(7-8)16-6-2-1-3-10(16)13(18)19/h4-5,7,10H,1-3,6H2,(H2,15,17)(H,18,19). The highest BCUT2D eigenvalue weighted by Crippen LogP contribution is 2.30. The van der Waals surface area contributed by atoms with Crippen molar-refractivity contribution in [2.45, 2.75) is 25.3 Å². The average Bonchev–Trinajstić information content (AvgIpc) is 2.38. The number of piperidine rings is 1. The van der Waals surface area contributed by atoms with E-state index in [-0.39, 0.29) is 0 Å². The molecule has 0 aliphatic carbocycles. The molecule has 1 heterocycles. The number of nitrogens with two attached hydrogens (primary N) is 1. The molecule has 1 aromatic rings. The molecule has 0 spiro atoms. The lowest BCUT2D eigenvalue weighted by atomic mass is 9.99. The summed E-state index contributed by atoms with van der Waals surface area (Å²) < 4.78 is 0.794. The lowest BCUT2D eigenvalue weighted by Gasteiger charge is -2.35. The predicted molar refractivity (Wildman–Crippen MR) is 75.3 cm³/mol. The number of hydrogen-bond acceptors (Lipinski definition) is 3. The maximum absolute atomic E-state index is 11.5. The van der Waals surface area contributed by atoms with Crippen LogP contribution in [0.4, 0.5) is 5.69 Å².